The first-order valence-corrected chi connectivity index (χ1v) is 17.8. The van der Waals surface area contributed by atoms with Crippen LogP contribution < -0.4 is 0 Å². The Bertz CT molecular complexity index is 739. The van der Waals surface area contributed by atoms with Crippen LogP contribution in [0.25, 0.3) is 0 Å². The van der Waals surface area contributed by atoms with Gasteiger partial charge in [0.2, 0.25) is 0 Å². The lowest BCUT2D eigenvalue weighted by Gasteiger charge is -2.39. The molecule has 2 unspecified atom stereocenters. The zero-order valence-electron chi connectivity index (χ0n) is 25.8. The molecule has 11 heteroatoms. The third kappa shape index (κ3) is 18.1. The van der Waals surface area contributed by atoms with E-state index in [-0.39, 0.29) is 12.4 Å². The fraction of sp³-hybridized carbons (Fsp3) is 1.00. The molecule has 10 nitrogen and oxygen atoms in total. The minimum atomic E-state index is -4.23. The minimum Gasteiger partial charge on any atom is -0.748 e. The fourth-order valence-corrected chi connectivity index (χ4v) is 6.13. The Morgan fingerprint density at radius 1 is 0.707 bits per heavy atom. The molecule has 0 aromatic rings. The number of nitrogens with zero attached hydrogens (tertiary/aromatic N) is 1. The third-order valence-corrected chi connectivity index (χ3v) is 9.16. The van der Waals surface area contributed by atoms with Crippen molar-refractivity contribution >= 4 is 10.1 Å². The molecule has 41 heavy (non-hydrogen) atoms. The summed E-state index contributed by atoms with van der Waals surface area (Å²) < 4.78 is 45.0. The van der Waals surface area contributed by atoms with Gasteiger partial charge in [0, 0.05) is 12.2 Å². The summed E-state index contributed by atoms with van der Waals surface area (Å²) in [6, 6.07) is 0. The molecular weight excluding hydrogens is 550 g/mol. The SMILES string of the molecule is CCCCCCCCCCCCCCCC[N+](C)(CCCCOC1O[C@H](CO)[C@@H](O)[C@H](O)[C@H]1O)CCCS(=O)(=O)[O-]. The van der Waals surface area contributed by atoms with Crippen LogP contribution in [-0.2, 0) is 19.6 Å². The van der Waals surface area contributed by atoms with Crippen LogP contribution in [0.2, 0.25) is 0 Å². The molecule has 1 heterocycles. The predicted octanol–water partition coefficient (Wildman–Crippen LogP) is 3.45. The van der Waals surface area contributed by atoms with Crippen molar-refractivity contribution in [3.8, 4) is 0 Å². The number of quaternary nitrogens is 1. The molecule has 1 saturated heterocycles. The second kappa shape index (κ2) is 22.2. The second-order valence-electron chi connectivity index (χ2n) is 12.3. The lowest BCUT2D eigenvalue weighted by atomic mass is 9.99. The van der Waals surface area contributed by atoms with Gasteiger partial charge in [0.15, 0.2) is 6.29 Å². The van der Waals surface area contributed by atoms with Crippen molar-refractivity contribution in [1.82, 2.24) is 0 Å². The first kappa shape index (κ1) is 38.7. The normalized spacial score (nSPS) is 24.9. The van der Waals surface area contributed by atoms with E-state index in [1.54, 1.807) is 0 Å². The molecule has 0 aromatic carbocycles. The van der Waals surface area contributed by atoms with E-state index in [1.165, 1.54) is 77.0 Å². The Kier molecular flexibility index (Phi) is 20.9. The highest BCUT2D eigenvalue weighted by molar-refractivity contribution is 7.85. The molecule has 0 amide bonds. The van der Waals surface area contributed by atoms with Gasteiger partial charge in [-0.2, -0.15) is 0 Å². The number of rotatable bonds is 26. The van der Waals surface area contributed by atoms with Gasteiger partial charge in [0.25, 0.3) is 0 Å². The lowest BCUT2D eigenvalue weighted by Crippen LogP contribution is -2.59. The van der Waals surface area contributed by atoms with E-state index < -0.39 is 47.4 Å². The Labute approximate surface area is 249 Å². The topological polar surface area (TPSA) is 157 Å². The molecule has 0 spiro atoms. The Balaban J connectivity index is 2.29. The molecule has 0 radical (unpaired) electrons. The molecule has 0 aliphatic carbocycles. The summed E-state index contributed by atoms with van der Waals surface area (Å²) in [5.41, 5.74) is 0. The highest BCUT2D eigenvalue weighted by Crippen LogP contribution is 2.22. The minimum absolute atomic E-state index is 0.260. The molecule has 4 N–H and O–H groups in total. The summed E-state index contributed by atoms with van der Waals surface area (Å²) >= 11 is 0. The summed E-state index contributed by atoms with van der Waals surface area (Å²) in [7, 11) is -2.12. The van der Waals surface area contributed by atoms with Crippen molar-refractivity contribution in [2.45, 2.75) is 147 Å². The largest absolute Gasteiger partial charge is 0.748 e. The van der Waals surface area contributed by atoms with E-state index in [4.69, 9.17) is 9.47 Å². The highest BCUT2D eigenvalue weighted by Gasteiger charge is 2.43. The second-order valence-corrected chi connectivity index (χ2v) is 13.8. The van der Waals surface area contributed by atoms with Crippen molar-refractivity contribution in [2.75, 3.05) is 45.6 Å². The number of ether oxygens (including phenoxy) is 2. The van der Waals surface area contributed by atoms with E-state index in [2.05, 4.69) is 14.0 Å². The van der Waals surface area contributed by atoms with Crippen LogP contribution in [0, 0.1) is 0 Å². The van der Waals surface area contributed by atoms with E-state index in [1.807, 2.05) is 0 Å². The number of hydrogen-bond donors (Lipinski definition) is 4. The van der Waals surface area contributed by atoms with Crippen molar-refractivity contribution < 1.29 is 47.4 Å². The summed E-state index contributed by atoms with van der Waals surface area (Å²) in [6.07, 6.45) is 13.5. The van der Waals surface area contributed by atoms with Gasteiger partial charge in [-0.1, -0.05) is 84.0 Å². The van der Waals surface area contributed by atoms with Crippen molar-refractivity contribution in [1.29, 1.82) is 0 Å². The van der Waals surface area contributed by atoms with Crippen LogP contribution in [0.4, 0.5) is 0 Å². The van der Waals surface area contributed by atoms with Gasteiger partial charge in [0.05, 0.1) is 50.0 Å². The predicted molar refractivity (Wildman–Crippen MR) is 159 cm³/mol. The van der Waals surface area contributed by atoms with Gasteiger partial charge in [-0.15, -0.1) is 0 Å². The molecule has 0 saturated carbocycles. The summed E-state index contributed by atoms with van der Waals surface area (Å²) in [5, 5.41) is 39.2. The zero-order chi connectivity index (χ0) is 30.6. The average molecular weight is 612 g/mol. The van der Waals surface area contributed by atoms with Crippen LogP contribution in [-0.4, -0.2) is 114 Å². The van der Waals surface area contributed by atoms with E-state index in [9.17, 15) is 33.4 Å². The van der Waals surface area contributed by atoms with Crippen molar-refractivity contribution in [3.05, 3.63) is 0 Å². The van der Waals surface area contributed by atoms with Crippen LogP contribution in [0.15, 0.2) is 0 Å². The Morgan fingerprint density at radius 2 is 1.17 bits per heavy atom. The van der Waals surface area contributed by atoms with Crippen LogP contribution in [0.1, 0.15) is 116 Å². The van der Waals surface area contributed by atoms with Gasteiger partial charge in [0.1, 0.15) is 24.4 Å². The fourth-order valence-electron chi connectivity index (χ4n) is 5.65. The summed E-state index contributed by atoms with van der Waals surface area (Å²) in [6.45, 7) is 4.35. The van der Waals surface area contributed by atoms with E-state index in [0.29, 0.717) is 23.9 Å². The number of hydrogen-bond acceptors (Lipinski definition) is 9. The molecule has 0 bridgehead atoms. The quantitative estimate of drug-likeness (QED) is 0.0653. The molecule has 1 rings (SSSR count). The Hall–Kier alpha value is -0.370. The van der Waals surface area contributed by atoms with Gasteiger partial charge >= 0.3 is 0 Å². The Morgan fingerprint density at radius 3 is 1.66 bits per heavy atom. The van der Waals surface area contributed by atoms with E-state index >= 15 is 0 Å². The third-order valence-electron chi connectivity index (χ3n) is 8.37. The lowest BCUT2D eigenvalue weighted by molar-refractivity contribution is -0.910. The van der Waals surface area contributed by atoms with Crippen LogP contribution in [0.3, 0.4) is 0 Å². The first-order valence-electron chi connectivity index (χ1n) is 16.2. The van der Waals surface area contributed by atoms with Crippen LogP contribution >= 0.6 is 0 Å². The van der Waals surface area contributed by atoms with Crippen LogP contribution in [0.5, 0.6) is 0 Å². The average Bonchev–Trinajstić information content (AvgIpc) is 2.92. The molecule has 0 aromatic heterocycles. The maximum Gasteiger partial charge on any atom is 0.186 e. The van der Waals surface area contributed by atoms with E-state index in [0.717, 1.165) is 32.4 Å². The number of aliphatic hydroxyl groups is 4. The molecule has 1 aliphatic heterocycles. The molecule has 1 fully saturated rings. The number of aliphatic hydroxyl groups excluding tert-OH is 4. The van der Waals surface area contributed by atoms with Gasteiger partial charge in [-0.3, -0.25) is 0 Å². The van der Waals surface area contributed by atoms with Crippen molar-refractivity contribution in [3.63, 3.8) is 0 Å². The monoisotopic (exact) mass is 611 g/mol. The first-order chi connectivity index (χ1) is 19.5. The number of unbranched alkanes of at least 4 members (excludes halogenated alkanes) is 14. The standard InChI is InChI=1S/C30H61NO9S/c1-3-4-5-6-7-8-9-10-11-12-13-14-15-16-20-31(2,22-19-24-41(36,37)38)21-17-18-23-39-30-29(35)28(34)27(33)26(25-32)40-30/h26-30,32-35H,3-25H2,1-2H3/t26-,27-,28+,29-,30?,31?/m1/s1. The molecule has 246 valence electrons. The van der Waals surface area contributed by atoms with Gasteiger partial charge < -0.3 is 38.9 Å². The van der Waals surface area contributed by atoms with Gasteiger partial charge in [-0.05, 0) is 25.7 Å². The maximum atomic E-state index is 11.1. The maximum absolute atomic E-state index is 11.1. The van der Waals surface area contributed by atoms with Crippen molar-refractivity contribution in [2.24, 2.45) is 0 Å². The smallest absolute Gasteiger partial charge is 0.186 e. The zero-order valence-corrected chi connectivity index (χ0v) is 26.7. The molecular formula is C30H61NO9S. The highest BCUT2D eigenvalue weighted by atomic mass is 32.2. The molecule has 6 atom stereocenters. The van der Waals surface area contributed by atoms with Gasteiger partial charge in [-0.25, -0.2) is 8.42 Å². The molecule has 1 aliphatic rings. The summed E-state index contributed by atoms with van der Waals surface area (Å²) in [4.78, 5) is 0. The summed E-state index contributed by atoms with van der Waals surface area (Å²) in [5.74, 6) is -0.347.